The van der Waals surface area contributed by atoms with Crippen molar-refractivity contribution in [2.24, 2.45) is 17.8 Å². The standard InChI is InChI=1S/C22H36BrN3O5/c1-5-7-9-25-20(29)18-22-10-13(23)17(31-22)15(19(28)24-8-6-2)16(22)21(30)26(18)14(11-27)12(3)4/h12-18,27H,5-11H2,1-4H3,(H,24,28)(H,25,29)/t13?,14-,15+,16-,17+,18?,22?/m0/s1. The normalized spacial score (nSPS) is 34.9. The third-order valence-electron chi connectivity index (χ3n) is 6.97. The molecule has 176 valence electrons. The van der Waals surface area contributed by atoms with E-state index in [1.807, 2.05) is 27.7 Å². The molecule has 0 aromatic rings. The number of unbranched alkanes of at least 4 members (excludes halogenated alkanes) is 1. The highest BCUT2D eigenvalue weighted by Gasteiger charge is 2.77. The zero-order valence-corrected chi connectivity index (χ0v) is 20.5. The van der Waals surface area contributed by atoms with Crippen LogP contribution >= 0.6 is 15.9 Å². The average Bonchev–Trinajstić information content (AvgIpc) is 3.31. The first kappa shape index (κ1) is 24.5. The van der Waals surface area contributed by atoms with E-state index in [0.29, 0.717) is 19.5 Å². The van der Waals surface area contributed by atoms with Gasteiger partial charge in [0.15, 0.2) is 0 Å². The summed E-state index contributed by atoms with van der Waals surface area (Å²) >= 11 is 3.65. The van der Waals surface area contributed by atoms with Crippen molar-refractivity contribution in [3.63, 3.8) is 0 Å². The second kappa shape index (κ2) is 9.75. The van der Waals surface area contributed by atoms with E-state index in [1.54, 1.807) is 0 Å². The van der Waals surface area contributed by atoms with Crippen LogP contribution in [0, 0.1) is 17.8 Å². The highest BCUT2D eigenvalue weighted by Crippen LogP contribution is 2.60. The SMILES string of the molecule is CCCCNC(=O)C1N([C@@H](CO)C(C)C)C(=O)[C@@H]2[C@@H](C(=O)NCCC)[C@@H]3OC12CC3Br. The predicted octanol–water partition coefficient (Wildman–Crippen LogP) is 1.19. The van der Waals surface area contributed by atoms with Crippen LogP contribution in [0.4, 0.5) is 0 Å². The van der Waals surface area contributed by atoms with Gasteiger partial charge in [-0.3, -0.25) is 14.4 Å². The summed E-state index contributed by atoms with van der Waals surface area (Å²) < 4.78 is 6.41. The van der Waals surface area contributed by atoms with Gasteiger partial charge >= 0.3 is 0 Å². The maximum Gasteiger partial charge on any atom is 0.245 e. The van der Waals surface area contributed by atoms with Crippen LogP contribution in [0.25, 0.3) is 0 Å². The van der Waals surface area contributed by atoms with Crippen molar-refractivity contribution >= 4 is 33.7 Å². The number of hydrogen-bond donors (Lipinski definition) is 3. The number of alkyl halides is 1. The number of likely N-dealkylation sites (tertiary alicyclic amines) is 1. The van der Waals surface area contributed by atoms with Gasteiger partial charge in [-0.25, -0.2) is 0 Å². The summed E-state index contributed by atoms with van der Waals surface area (Å²) in [6.45, 7) is 8.65. The fourth-order valence-electron chi connectivity index (χ4n) is 5.50. The molecule has 0 radical (unpaired) electrons. The number of nitrogens with zero attached hydrogens (tertiary/aromatic N) is 1. The molecule has 3 rings (SSSR count). The monoisotopic (exact) mass is 501 g/mol. The Kier molecular flexibility index (Phi) is 7.69. The number of ether oxygens (including phenoxy) is 1. The van der Waals surface area contributed by atoms with Crippen LogP contribution in [-0.4, -0.2) is 76.0 Å². The van der Waals surface area contributed by atoms with Crippen molar-refractivity contribution in [3.05, 3.63) is 0 Å². The molecule has 0 aromatic heterocycles. The molecule has 3 aliphatic rings. The van der Waals surface area contributed by atoms with Crippen LogP contribution in [0.15, 0.2) is 0 Å². The summed E-state index contributed by atoms with van der Waals surface area (Å²) in [5.74, 6) is -2.16. The van der Waals surface area contributed by atoms with Crippen molar-refractivity contribution in [1.29, 1.82) is 0 Å². The number of halogens is 1. The van der Waals surface area contributed by atoms with Crippen LogP contribution in [-0.2, 0) is 19.1 Å². The molecule has 3 unspecified atom stereocenters. The highest BCUT2D eigenvalue weighted by molar-refractivity contribution is 9.09. The Hall–Kier alpha value is -1.19. The van der Waals surface area contributed by atoms with Gasteiger partial charge in [0.25, 0.3) is 0 Å². The Bertz CT molecular complexity index is 705. The van der Waals surface area contributed by atoms with E-state index < -0.39 is 35.6 Å². The molecule has 3 N–H and O–H groups in total. The quantitative estimate of drug-likeness (QED) is 0.307. The van der Waals surface area contributed by atoms with E-state index in [9.17, 15) is 19.5 Å². The number of nitrogens with one attached hydrogen (secondary N) is 2. The number of rotatable bonds is 10. The van der Waals surface area contributed by atoms with Gasteiger partial charge in [-0.1, -0.05) is 50.0 Å². The van der Waals surface area contributed by atoms with Crippen molar-refractivity contribution in [2.45, 2.75) is 82.0 Å². The maximum absolute atomic E-state index is 13.8. The Labute approximate surface area is 193 Å². The largest absolute Gasteiger partial charge is 0.394 e. The van der Waals surface area contributed by atoms with E-state index in [-0.39, 0.29) is 35.1 Å². The molecule has 3 saturated heterocycles. The minimum atomic E-state index is -1.07. The van der Waals surface area contributed by atoms with Crippen LogP contribution in [0.1, 0.15) is 53.4 Å². The van der Waals surface area contributed by atoms with Crippen LogP contribution < -0.4 is 10.6 Å². The second-order valence-electron chi connectivity index (χ2n) is 9.34. The molecule has 8 nitrogen and oxygen atoms in total. The smallest absolute Gasteiger partial charge is 0.245 e. The predicted molar refractivity (Wildman–Crippen MR) is 119 cm³/mol. The Morgan fingerprint density at radius 2 is 1.90 bits per heavy atom. The van der Waals surface area contributed by atoms with E-state index in [0.717, 1.165) is 19.3 Å². The van der Waals surface area contributed by atoms with Crippen LogP contribution in [0.2, 0.25) is 0 Å². The van der Waals surface area contributed by atoms with Gasteiger partial charge in [0, 0.05) is 17.9 Å². The molecule has 1 spiro atoms. The molecular formula is C22H36BrN3O5. The van der Waals surface area contributed by atoms with Gasteiger partial charge < -0.3 is 25.4 Å². The molecule has 2 bridgehead atoms. The Morgan fingerprint density at radius 3 is 2.48 bits per heavy atom. The van der Waals surface area contributed by atoms with Crippen molar-refractivity contribution in [2.75, 3.05) is 19.7 Å². The number of aliphatic hydroxyl groups excluding tert-OH is 1. The topological polar surface area (TPSA) is 108 Å². The number of fused-ring (bicyclic) bond motifs is 1. The van der Waals surface area contributed by atoms with Gasteiger partial charge in [0.05, 0.1) is 30.6 Å². The van der Waals surface area contributed by atoms with Gasteiger partial charge in [-0.2, -0.15) is 0 Å². The molecule has 3 heterocycles. The lowest BCUT2D eigenvalue weighted by Gasteiger charge is -2.38. The number of hydrogen-bond acceptors (Lipinski definition) is 5. The van der Waals surface area contributed by atoms with Crippen molar-refractivity contribution < 1.29 is 24.2 Å². The molecular weight excluding hydrogens is 466 g/mol. The number of carbonyl (C=O) groups excluding carboxylic acids is 3. The highest BCUT2D eigenvalue weighted by atomic mass is 79.9. The number of amides is 3. The summed E-state index contributed by atoms with van der Waals surface area (Å²) in [4.78, 5) is 41.7. The zero-order chi connectivity index (χ0) is 22.9. The lowest BCUT2D eigenvalue weighted by atomic mass is 9.70. The molecule has 0 aromatic carbocycles. The molecule has 3 fully saturated rings. The van der Waals surface area contributed by atoms with Gasteiger partial charge in [-0.15, -0.1) is 0 Å². The van der Waals surface area contributed by atoms with Gasteiger partial charge in [0.1, 0.15) is 11.6 Å². The number of aliphatic hydroxyl groups is 1. The minimum absolute atomic E-state index is 0.0561. The fourth-order valence-corrected chi connectivity index (χ4v) is 6.44. The summed E-state index contributed by atoms with van der Waals surface area (Å²) in [5, 5.41) is 16.0. The molecule has 0 saturated carbocycles. The van der Waals surface area contributed by atoms with E-state index in [1.165, 1.54) is 4.90 Å². The summed E-state index contributed by atoms with van der Waals surface area (Å²) in [7, 11) is 0. The number of carbonyl (C=O) groups is 3. The first-order valence-corrected chi connectivity index (χ1v) is 12.5. The van der Waals surface area contributed by atoms with E-state index >= 15 is 0 Å². The first-order valence-electron chi connectivity index (χ1n) is 11.5. The third kappa shape index (κ3) is 4.02. The fraction of sp³-hybridized carbons (Fsp3) is 0.864. The lowest BCUT2D eigenvalue weighted by molar-refractivity contribution is -0.146. The molecule has 3 amide bonds. The Balaban J connectivity index is 2.02. The molecule has 9 heteroatoms. The molecule has 7 atom stereocenters. The van der Waals surface area contributed by atoms with Crippen LogP contribution in [0.3, 0.4) is 0 Å². The third-order valence-corrected chi connectivity index (χ3v) is 7.82. The summed E-state index contributed by atoms with van der Waals surface area (Å²) in [5.41, 5.74) is -1.07. The summed E-state index contributed by atoms with van der Waals surface area (Å²) in [6.07, 6.45) is 2.59. The van der Waals surface area contributed by atoms with Gasteiger partial charge in [-0.05, 0) is 25.2 Å². The van der Waals surface area contributed by atoms with E-state index in [4.69, 9.17) is 4.74 Å². The molecule has 31 heavy (non-hydrogen) atoms. The molecule has 3 aliphatic heterocycles. The zero-order valence-electron chi connectivity index (χ0n) is 18.9. The van der Waals surface area contributed by atoms with Crippen molar-refractivity contribution in [3.8, 4) is 0 Å². The van der Waals surface area contributed by atoms with Crippen molar-refractivity contribution in [1.82, 2.24) is 15.5 Å². The van der Waals surface area contributed by atoms with Crippen LogP contribution in [0.5, 0.6) is 0 Å². The maximum atomic E-state index is 13.8. The first-order chi connectivity index (χ1) is 14.7. The van der Waals surface area contributed by atoms with E-state index in [2.05, 4.69) is 26.6 Å². The molecule has 0 aliphatic carbocycles. The van der Waals surface area contributed by atoms with Gasteiger partial charge in [0.2, 0.25) is 17.7 Å². The second-order valence-corrected chi connectivity index (χ2v) is 10.5. The average molecular weight is 502 g/mol. The minimum Gasteiger partial charge on any atom is -0.394 e. The summed E-state index contributed by atoms with van der Waals surface area (Å²) in [6, 6.07) is -1.39. The lowest BCUT2D eigenvalue weighted by Crippen LogP contribution is -2.59. The Morgan fingerprint density at radius 1 is 1.23 bits per heavy atom.